The summed E-state index contributed by atoms with van der Waals surface area (Å²) in [6.07, 6.45) is 1.76. The zero-order valence-electron chi connectivity index (χ0n) is 14.7. The van der Waals surface area contributed by atoms with E-state index in [1.165, 1.54) is 11.3 Å². The number of carbonyl (C=O) groups is 1. The first kappa shape index (κ1) is 17.2. The van der Waals surface area contributed by atoms with Crippen molar-refractivity contribution in [3.8, 4) is 16.3 Å². The maximum absolute atomic E-state index is 12.2. The van der Waals surface area contributed by atoms with E-state index in [1.54, 1.807) is 6.20 Å². The maximum atomic E-state index is 12.2. The molecular weight excluding hydrogens is 358 g/mol. The highest BCUT2D eigenvalue weighted by atomic mass is 32.1. The molecule has 2 heterocycles. The van der Waals surface area contributed by atoms with Gasteiger partial charge in [0, 0.05) is 17.4 Å². The van der Waals surface area contributed by atoms with Gasteiger partial charge < -0.3 is 10.1 Å². The third kappa shape index (κ3) is 4.12. The fourth-order valence-corrected chi connectivity index (χ4v) is 3.51. The Bertz CT molecular complexity index is 1060. The summed E-state index contributed by atoms with van der Waals surface area (Å²) in [5, 5.41) is 3.74. The third-order valence-electron chi connectivity index (χ3n) is 3.95. The van der Waals surface area contributed by atoms with Crippen molar-refractivity contribution in [1.82, 2.24) is 9.97 Å². The Labute approximate surface area is 160 Å². The number of amides is 1. The van der Waals surface area contributed by atoms with Crippen LogP contribution in [0.15, 0.2) is 66.9 Å². The zero-order valence-corrected chi connectivity index (χ0v) is 15.5. The number of ether oxygens (including phenoxy) is 1. The van der Waals surface area contributed by atoms with Crippen molar-refractivity contribution in [2.24, 2.45) is 0 Å². The molecule has 134 valence electrons. The average molecular weight is 375 g/mol. The Morgan fingerprint density at radius 1 is 1.11 bits per heavy atom. The fraction of sp³-hybridized carbons (Fsp3) is 0.0952. The number of aryl methyl sites for hydroxylation is 1. The molecule has 6 heteroatoms. The predicted octanol–water partition coefficient (Wildman–Crippen LogP) is 4.68. The van der Waals surface area contributed by atoms with Crippen LogP contribution in [0.3, 0.4) is 0 Å². The van der Waals surface area contributed by atoms with Crippen molar-refractivity contribution in [2.75, 3.05) is 11.9 Å². The van der Waals surface area contributed by atoms with Gasteiger partial charge in [-0.3, -0.25) is 4.79 Å². The van der Waals surface area contributed by atoms with Crippen LogP contribution in [0, 0.1) is 6.92 Å². The molecule has 1 N–H and O–H groups in total. The number of benzene rings is 2. The number of carbonyl (C=O) groups excluding carboxylic acids is 1. The van der Waals surface area contributed by atoms with Crippen molar-refractivity contribution in [3.63, 3.8) is 0 Å². The van der Waals surface area contributed by atoms with Crippen LogP contribution in [-0.2, 0) is 4.79 Å². The molecule has 0 aliphatic carbocycles. The SMILES string of the molecule is Cc1ccc(OCC(=O)Nc2cccc(-c3nc4cccnc4s3)c2)cc1. The highest BCUT2D eigenvalue weighted by molar-refractivity contribution is 7.21. The summed E-state index contributed by atoms with van der Waals surface area (Å²) in [5.74, 6) is 0.463. The van der Waals surface area contributed by atoms with Gasteiger partial charge in [-0.15, -0.1) is 0 Å². The van der Waals surface area contributed by atoms with Crippen LogP contribution >= 0.6 is 11.3 Å². The van der Waals surface area contributed by atoms with Gasteiger partial charge in [-0.2, -0.15) is 0 Å². The molecule has 0 spiro atoms. The molecule has 0 aliphatic rings. The van der Waals surface area contributed by atoms with Gasteiger partial charge in [0.1, 0.15) is 21.1 Å². The van der Waals surface area contributed by atoms with E-state index in [0.717, 1.165) is 26.5 Å². The molecule has 0 radical (unpaired) electrons. The monoisotopic (exact) mass is 375 g/mol. The molecule has 0 fully saturated rings. The summed E-state index contributed by atoms with van der Waals surface area (Å²) in [7, 11) is 0. The average Bonchev–Trinajstić information content (AvgIpc) is 3.12. The Hall–Kier alpha value is -3.25. The van der Waals surface area contributed by atoms with Gasteiger partial charge in [-0.25, -0.2) is 9.97 Å². The molecule has 0 aliphatic heterocycles. The van der Waals surface area contributed by atoms with Crippen LogP contribution in [0.1, 0.15) is 5.56 Å². The van der Waals surface area contributed by atoms with Gasteiger partial charge >= 0.3 is 0 Å². The number of rotatable bonds is 5. The lowest BCUT2D eigenvalue weighted by Crippen LogP contribution is -2.20. The number of hydrogen-bond donors (Lipinski definition) is 1. The highest BCUT2D eigenvalue weighted by Crippen LogP contribution is 2.30. The van der Waals surface area contributed by atoms with Crippen molar-refractivity contribution in [3.05, 3.63) is 72.4 Å². The standard InChI is InChI=1S/C21H17N3O2S/c1-14-7-9-17(10-8-14)26-13-19(25)23-16-5-2-4-15(12-16)20-24-18-6-3-11-22-21(18)27-20/h2-12H,13H2,1H3,(H,23,25). The topological polar surface area (TPSA) is 64.1 Å². The lowest BCUT2D eigenvalue weighted by molar-refractivity contribution is -0.118. The van der Waals surface area contributed by atoms with Gasteiger partial charge in [0.2, 0.25) is 0 Å². The number of pyridine rings is 1. The normalized spacial score (nSPS) is 10.7. The fourth-order valence-electron chi connectivity index (χ4n) is 2.60. The van der Waals surface area contributed by atoms with E-state index < -0.39 is 0 Å². The number of aromatic nitrogens is 2. The third-order valence-corrected chi connectivity index (χ3v) is 4.98. The van der Waals surface area contributed by atoms with E-state index in [9.17, 15) is 4.79 Å². The van der Waals surface area contributed by atoms with Crippen LogP contribution < -0.4 is 10.1 Å². The second kappa shape index (κ2) is 7.55. The molecule has 5 nitrogen and oxygen atoms in total. The van der Waals surface area contributed by atoms with E-state index >= 15 is 0 Å². The minimum atomic E-state index is -0.210. The minimum Gasteiger partial charge on any atom is -0.484 e. The number of hydrogen-bond acceptors (Lipinski definition) is 5. The van der Waals surface area contributed by atoms with Crippen LogP contribution in [0.5, 0.6) is 5.75 Å². The molecule has 27 heavy (non-hydrogen) atoms. The van der Waals surface area contributed by atoms with Gasteiger partial charge in [-0.1, -0.05) is 41.2 Å². The second-order valence-electron chi connectivity index (χ2n) is 6.08. The largest absolute Gasteiger partial charge is 0.484 e. The van der Waals surface area contributed by atoms with Gasteiger partial charge in [-0.05, 0) is 43.3 Å². The highest BCUT2D eigenvalue weighted by Gasteiger charge is 2.09. The van der Waals surface area contributed by atoms with Crippen LogP contribution in [0.4, 0.5) is 5.69 Å². The Morgan fingerprint density at radius 2 is 1.96 bits per heavy atom. The number of nitrogens with zero attached hydrogens (tertiary/aromatic N) is 2. The van der Waals surface area contributed by atoms with Gasteiger partial charge in [0.25, 0.3) is 5.91 Å². The molecule has 0 atom stereocenters. The molecule has 0 bridgehead atoms. The Morgan fingerprint density at radius 3 is 2.78 bits per heavy atom. The Balaban J connectivity index is 1.44. The summed E-state index contributed by atoms with van der Waals surface area (Å²) in [6.45, 7) is 1.96. The predicted molar refractivity (Wildman–Crippen MR) is 108 cm³/mol. The molecule has 0 saturated heterocycles. The van der Waals surface area contributed by atoms with E-state index in [-0.39, 0.29) is 12.5 Å². The molecular formula is C21H17N3O2S. The molecule has 1 amide bonds. The molecule has 4 aromatic rings. The smallest absolute Gasteiger partial charge is 0.262 e. The van der Waals surface area contributed by atoms with E-state index in [2.05, 4.69) is 15.3 Å². The van der Waals surface area contributed by atoms with Gasteiger partial charge in [0.15, 0.2) is 6.61 Å². The second-order valence-corrected chi connectivity index (χ2v) is 7.05. The summed E-state index contributed by atoms with van der Waals surface area (Å²) in [6, 6.07) is 19.0. The lowest BCUT2D eigenvalue weighted by atomic mass is 10.2. The van der Waals surface area contributed by atoms with E-state index in [1.807, 2.05) is 67.6 Å². The summed E-state index contributed by atoms with van der Waals surface area (Å²) in [4.78, 5) is 22.0. The quantitative estimate of drug-likeness (QED) is 0.550. The van der Waals surface area contributed by atoms with Crippen LogP contribution in [0.25, 0.3) is 20.9 Å². The van der Waals surface area contributed by atoms with Crippen molar-refractivity contribution >= 4 is 33.3 Å². The van der Waals surface area contributed by atoms with E-state index in [4.69, 9.17) is 4.74 Å². The first-order valence-electron chi connectivity index (χ1n) is 8.49. The minimum absolute atomic E-state index is 0.0433. The van der Waals surface area contributed by atoms with Crippen molar-refractivity contribution < 1.29 is 9.53 Å². The van der Waals surface area contributed by atoms with Crippen molar-refractivity contribution in [2.45, 2.75) is 6.92 Å². The summed E-state index contributed by atoms with van der Waals surface area (Å²) < 4.78 is 5.52. The Kier molecular flexibility index (Phi) is 4.80. The van der Waals surface area contributed by atoms with Crippen LogP contribution in [-0.4, -0.2) is 22.5 Å². The number of anilines is 1. The zero-order chi connectivity index (χ0) is 18.6. The first-order chi connectivity index (χ1) is 13.2. The molecule has 2 aromatic carbocycles. The summed E-state index contributed by atoms with van der Waals surface area (Å²) >= 11 is 1.53. The molecule has 0 unspecified atom stereocenters. The molecule has 2 aromatic heterocycles. The molecule has 0 saturated carbocycles. The van der Waals surface area contributed by atoms with Crippen LogP contribution in [0.2, 0.25) is 0 Å². The van der Waals surface area contributed by atoms with Crippen molar-refractivity contribution in [1.29, 1.82) is 0 Å². The number of fused-ring (bicyclic) bond motifs is 1. The van der Waals surface area contributed by atoms with Gasteiger partial charge in [0.05, 0.1) is 0 Å². The maximum Gasteiger partial charge on any atom is 0.262 e. The number of thiazole rings is 1. The lowest BCUT2D eigenvalue weighted by Gasteiger charge is -2.08. The molecule has 4 rings (SSSR count). The first-order valence-corrected chi connectivity index (χ1v) is 9.30. The summed E-state index contributed by atoms with van der Waals surface area (Å²) in [5.41, 5.74) is 3.67. The van der Waals surface area contributed by atoms with E-state index in [0.29, 0.717) is 11.4 Å². The number of nitrogens with one attached hydrogen (secondary N) is 1.